The second-order valence-electron chi connectivity index (χ2n) is 3.47. The number of hydrogen-bond donors (Lipinski definition) is 1. The van der Waals surface area contributed by atoms with Gasteiger partial charge in [-0.15, -0.1) is 0 Å². The maximum absolute atomic E-state index is 11.7. The van der Waals surface area contributed by atoms with Crippen LogP contribution in [0.5, 0.6) is 0 Å². The van der Waals surface area contributed by atoms with Crippen molar-refractivity contribution >= 4 is 11.7 Å². The van der Waals surface area contributed by atoms with Crippen LogP contribution in [-0.2, 0) is 4.79 Å². The monoisotopic (exact) mass is 203 g/mol. The Labute approximate surface area is 88.9 Å². The molecule has 1 amide bonds. The first-order chi connectivity index (χ1) is 7.12. The zero-order chi connectivity index (χ0) is 11.3. The Morgan fingerprint density at radius 2 is 2.40 bits per heavy atom. The molecule has 0 aliphatic heterocycles. The van der Waals surface area contributed by atoms with Crippen LogP contribution in [0.1, 0.15) is 20.3 Å². The lowest BCUT2D eigenvalue weighted by atomic mass is 9.88. The number of carbonyl (C=O) groups excluding carboxylic acids is 1. The van der Waals surface area contributed by atoms with Crippen LogP contribution in [0.15, 0.2) is 24.4 Å². The van der Waals surface area contributed by atoms with E-state index in [0.717, 1.165) is 0 Å². The summed E-state index contributed by atoms with van der Waals surface area (Å²) in [6.45, 7) is 3.42. The van der Waals surface area contributed by atoms with Crippen molar-refractivity contribution in [2.24, 2.45) is 5.41 Å². The number of anilines is 1. The fraction of sp³-hybridized carbons (Fsp3) is 0.364. The predicted molar refractivity (Wildman–Crippen MR) is 56.9 cm³/mol. The Morgan fingerprint density at radius 3 is 2.87 bits per heavy atom. The summed E-state index contributed by atoms with van der Waals surface area (Å²) in [6.07, 6.45) is 2.06. The highest BCUT2D eigenvalue weighted by molar-refractivity contribution is 5.96. The molecule has 0 saturated carbocycles. The molecule has 0 aliphatic rings. The third-order valence-corrected chi connectivity index (χ3v) is 2.36. The second kappa shape index (κ2) is 4.56. The highest BCUT2D eigenvalue weighted by Gasteiger charge is 2.31. The van der Waals surface area contributed by atoms with E-state index in [1.165, 1.54) is 0 Å². The summed E-state index contributed by atoms with van der Waals surface area (Å²) in [5.74, 6) is 0.156. The van der Waals surface area contributed by atoms with Crippen molar-refractivity contribution in [2.75, 3.05) is 5.32 Å². The van der Waals surface area contributed by atoms with E-state index in [4.69, 9.17) is 5.26 Å². The molecule has 1 rings (SSSR count). The van der Waals surface area contributed by atoms with Crippen LogP contribution in [-0.4, -0.2) is 10.9 Å². The van der Waals surface area contributed by atoms with Crippen LogP contribution < -0.4 is 5.32 Å². The highest BCUT2D eigenvalue weighted by atomic mass is 16.2. The molecule has 0 bridgehead atoms. The van der Waals surface area contributed by atoms with E-state index in [-0.39, 0.29) is 5.91 Å². The van der Waals surface area contributed by atoms with E-state index in [1.807, 2.05) is 6.07 Å². The molecular formula is C11H13N3O. The van der Waals surface area contributed by atoms with Crippen molar-refractivity contribution in [2.45, 2.75) is 20.3 Å². The predicted octanol–water partition coefficient (Wildman–Crippen LogP) is 1.96. The van der Waals surface area contributed by atoms with E-state index in [9.17, 15) is 4.79 Å². The van der Waals surface area contributed by atoms with Crippen LogP contribution in [0.2, 0.25) is 0 Å². The number of pyridine rings is 1. The quantitative estimate of drug-likeness (QED) is 0.816. The maximum Gasteiger partial charge on any atom is 0.245 e. The molecule has 1 unspecified atom stereocenters. The molecule has 1 heterocycles. The van der Waals surface area contributed by atoms with Crippen molar-refractivity contribution in [1.82, 2.24) is 4.98 Å². The summed E-state index contributed by atoms with van der Waals surface area (Å²) >= 11 is 0. The molecule has 0 radical (unpaired) electrons. The van der Waals surface area contributed by atoms with E-state index in [0.29, 0.717) is 12.2 Å². The third kappa shape index (κ3) is 2.53. The molecule has 1 aromatic rings. The van der Waals surface area contributed by atoms with Gasteiger partial charge in [0, 0.05) is 6.20 Å². The largest absolute Gasteiger partial charge is 0.309 e. The summed E-state index contributed by atoms with van der Waals surface area (Å²) in [5, 5.41) is 11.5. The summed E-state index contributed by atoms with van der Waals surface area (Å²) < 4.78 is 0. The SMILES string of the molecule is CCC(C)(C#N)C(=O)Nc1ccccn1. The molecule has 78 valence electrons. The van der Waals surface area contributed by atoms with Crippen LogP contribution in [0.25, 0.3) is 0 Å². The van der Waals surface area contributed by atoms with E-state index in [2.05, 4.69) is 10.3 Å². The van der Waals surface area contributed by atoms with Gasteiger partial charge in [0.2, 0.25) is 5.91 Å². The number of carbonyl (C=O) groups is 1. The Hall–Kier alpha value is -1.89. The average Bonchev–Trinajstić information content (AvgIpc) is 2.29. The molecule has 4 heteroatoms. The molecule has 15 heavy (non-hydrogen) atoms. The number of amides is 1. The molecule has 0 fully saturated rings. The number of rotatable bonds is 3. The van der Waals surface area contributed by atoms with Crippen LogP contribution in [0, 0.1) is 16.7 Å². The first-order valence-corrected chi connectivity index (χ1v) is 4.76. The van der Waals surface area contributed by atoms with Gasteiger partial charge in [0.05, 0.1) is 6.07 Å². The van der Waals surface area contributed by atoms with Crippen molar-refractivity contribution in [3.05, 3.63) is 24.4 Å². The molecule has 0 saturated heterocycles. The first kappa shape index (κ1) is 11.2. The average molecular weight is 203 g/mol. The molecule has 1 atom stereocenters. The molecule has 0 aromatic carbocycles. The van der Waals surface area contributed by atoms with Gasteiger partial charge in [-0.1, -0.05) is 13.0 Å². The third-order valence-electron chi connectivity index (χ3n) is 2.36. The number of nitriles is 1. The summed E-state index contributed by atoms with van der Waals surface area (Å²) in [6, 6.07) is 7.23. The number of aromatic nitrogens is 1. The number of nitrogens with one attached hydrogen (secondary N) is 1. The maximum atomic E-state index is 11.7. The fourth-order valence-electron chi connectivity index (χ4n) is 0.981. The fourth-order valence-corrected chi connectivity index (χ4v) is 0.981. The van der Waals surface area contributed by atoms with E-state index in [1.54, 1.807) is 38.2 Å². The summed E-state index contributed by atoms with van der Waals surface area (Å²) in [7, 11) is 0. The lowest BCUT2D eigenvalue weighted by molar-refractivity contribution is -0.122. The van der Waals surface area contributed by atoms with Gasteiger partial charge in [-0.05, 0) is 25.5 Å². The molecule has 0 spiro atoms. The van der Waals surface area contributed by atoms with Gasteiger partial charge in [0.1, 0.15) is 11.2 Å². The highest BCUT2D eigenvalue weighted by Crippen LogP contribution is 2.21. The Kier molecular flexibility index (Phi) is 3.40. The Bertz CT molecular complexity index is 383. The van der Waals surface area contributed by atoms with Gasteiger partial charge < -0.3 is 5.32 Å². The topological polar surface area (TPSA) is 65.8 Å². The van der Waals surface area contributed by atoms with Gasteiger partial charge in [-0.2, -0.15) is 5.26 Å². The minimum atomic E-state index is -0.989. The molecule has 1 aromatic heterocycles. The normalized spacial score (nSPS) is 13.7. The first-order valence-electron chi connectivity index (χ1n) is 4.76. The van der Waals surface area contributed by atoms with Crippen molar-refractivity contribution in [1.29, 1.82) is 5.26 Å². The molecule has 1 N–H and O–H groups in total. The van der Waals surface area contributed by atoms with Gasteiger partial charge in [0.15, 0.2) is 0 Å². The molecule has 0 aliphatic carbocycles. The molecular weight excluding hydrogens is 190 g/mol. The van der Waals surface area contributed by atoms with Crippen molar-refractivity contribution in [3.63, 3.8) is 0 Å². The van der Waals surface area contributed by atoms with Gasteiger partial charge in [-0.25, -0.2) is 4.98 Å². The summed E-state index contributed by atoms with van der Waals surface area (Å²) in [4.78, 5) is 15.7. The van der Waals surface area contributed by atoms with E-state index < -0.39 is 5.41 Å². The summed E-state index contributed by atoms with van der Waals surface area (Å²) in [5.41, 5.74) is -0.989. The molecule has 4 nitrogen and oxygen atoms in total. The zero-order valence-corrected chi connectivity index (χ0v) is 8.82. The number of nitrogens with zero attached hydrogens (tertiary/aromatic N) is 2. The minimum Gasteiger partial charge on any atom is -0.309 e. The van der Waals surface area contributed by atoms with Crippen LogP contribution in [0.3, 0.4) is 0 Å². The minimum absolute atomic E-state index is 0.314. The lowest BCUT2D eigenvalue weighted by Gasteiger charge is -2.17. The van der Waals surface area contributed by atoms with Gasteiger partial charge in [-0.3, -0.25) is 4.79 Å². The Balaban J connectivity index is 2.77. The Morgan fingerprint density at radius 1 is 1.67 bits per heavy atom. The van der Waals surface area contributed by atoms with E-state index >= 15 is 0 Å². The van der Waals surface area contributed by atoms with Crippen LogP contribution >= 0.6 is 0 Å². The van der Waals surface area contributed by atoms with Crippen molar-refractivity contribution in [3.8, 4) is 6.07 Å². The van der Waals surface area contributed by atoms with Crippen molar-refractivity contribution < 1.29 is 4.79 Å². The smallest absolute Gasteiger partial charge is 0.245 e. The standard InChI is InChI=1S/C11H13N3O/c1-3-11(2,8-12)10(15)14-9-6-4-5-7-13-9/h4-7H,3H2,1-2H3,(H,13,14,15). The van der Waals surface area contributed by atoms with Gasteiger partial charge >= 0.3 is 0 Å². The van der Waals surface area contributed by atoms with Gasteiger partial charge in [0.25, 0.3) is 0 Å². The zero-order valence-electron chi connectivity index (χ0n) is 8.82. The van der Waals surface area contributed by atoms with Crippen LogP contribution in [0.4, 0.5) is 5.82 Å². The number of hydrogen-bond acceptors (Lipinski definition) is 3. The lowest BCUT2D eigenvalue weighted by Crippen LogP contribution is -2.31. The second-order valence-corrected chi connectivity index (χ2v) is 3.47.